The highest BCUT2D eigenvalue weighted by Crippen LogP contribution is 2.34. The van der Waals surface area contributed by atoms with Crippen molar-refractivity contribution < 1.29 is 9.47 Å². The molecule has 3 aromatic rings. The Kier molecular flexibility index (Phi) is 7.41. The molecule has 2 aromatic carbocycles. The molecule has 3 aliphatic heterocycles. The Labute approximate surface area is 230 Å². The van der Waals surface area contributed by atoms with Gasteiger partial charge in [-0.2, -0.15) is 9.97 Å². The van der Waals surface area contributed by atoms with Crippen LogP contribution in [0.3, 0.4) is 0 Å². The van der Waals surface area contributed by atoms with E-state index in [4.69, 9.17) is 19.4 Å². The molecule has 0 saturated carbocycles. The van der Waals surface area contributed by atoms with Gasteiger partial charge in [0.2, 0.25) is 0 Å². The zero-order valence-electron chi connectivity index (χ0n) is 23.3. The van der Waals surface area contributed by atoms with Crippen LogP contribution in [0.15, 0.2) is 41.4 Å². The van der Waals surface area contributed by atoms with Gasteiger partial charge in [0.05, 0.1) is 18.8 Å². The summed E-state index contributed by atoms with van der Waals surface area (Å²) in [5.74, 6) is 0.881. The summed E-state index contributed by atoms with van der Waals surface area (Å²) in [5, 5.41) is 6.17. The van der Waals surface area contributed by atoms with Crippen LogP contribution in [-0.4, -0.2) is 91.9 Å². The third-order valence-corrected chi connectivity index (χ3v) is 8.19. The van der Waals surface area contributed by atoms with Crippen LogP contribution in [0.25, 0.3) is 10.8 Å². The molecule has 0 bridgehead atoms. The molecule has 1 aromatic heterocycles. The van der Waals surface area contributed by atoms with Gasteiger partial charge in [-0.3, -0.25) is 0 Å². The van der Waals surface area contributed by atoms with E-state index in [0.717, 1.165) is 63.6 Å². The normalized spacial score (nSPS) is 19.1. The lowest BCUT2D eigenvalue weighted by molar-refractivity contribution is 0.187. The summed E-state index contributed by atoms with van der Waals surface area (Å²) >= 11 is 0. The predicted octanol–water partition coefficient (Wildman–Crippen LogP) is 3.70. The van der Waals surface area contributed by atoms with E-state index >= 15 is 0 Å². The van der Waals surface area contributed by atoms with Crippen LogP contribution in [0.5, 0.6) is 6.01 Å². The number of aliphatic imine (C=N–C) groups is 1. The van der Waals surface area contributed by atoms with Crippen molar-refractivity contribution in [2.24, 2.45) is 4.99 Å². The first-order valence-electron chi connectivity index (χ1n) is 14.1. The van der Waals surface area contributed by atoms with Gasteiger partial charge in [-0.25, -0.2) is 4.99 Å². The van der Waals surface area contributed by atoms with Gasteiger partial charge < -0.3 is 29.5 Å². The second kappa shape index (κ2) is 11.3. The number of fused-ring (bicyclic) bond motifs is 2. The van der Waals surface area contributed by atoms with Crippen LogP contribution in [0.4, 0.5) is 11.5 Å². The predicted molar refractivity (Wildman–Crippen MR) is 156 cm³/mol. The van der Waals surface area contributed by atoms with Gasteiger partial charge in [-0.1, -0.05) is 30.3 Å². The average molecular weight is 530 g/mol. The number of aromatic nitrogens is 2. The van der Waals surface area contributed by atoms with Crippen molar-refractivity contribution in [1.29, 1.82) is 0 Å². The number of anilines is 2. The first kappa shape index (κ1) is 25.7. The lowest BCUT2D eigenvalue weighted by Crippen LogP contribution is -2.34. The van der Waals surface area contributed by atoms with Crippen LogP contribution in [0.2, 0.25) is 0 Å². The summed E-state index contributed by atoms with van der Waals surface area (Å²) in [4.78, 5) is 21.1. The minimum atomic E-state index is 0.414. The Morgan fingerprint density at radius 1 is 1.15 bits per heavy atom. The number of rotatable bonds is 8. The number of amidine groups is 1. The highest BCUT2D eigenvalue weighted by molar-refractivity contribution is 5.97. The molecule has 1 N–H and O–H groups in total. The van der Waals surface area contributed by atoms with Crippen LogP contribution in [0.1, 0.15) is 29.7 Å². The third kappa shape index (κ3) is 5.45. The summed E-state index contributed by atoms with van der Waals surface area (Å²) in [6, 6.07) is 14.7. The van der Waals surface area contributed by atoms with Gasteiger partial charge in [-0.05, 0) is 56.8 Å². The molecule has 0 aliphatic carbocycles. The van der Waals surface area contributed by atoms with E-state index in [1.807, 2.05) is 11.9 Å². The number of hydrogen-bond acceptors (Lipinski definition) is 9. The molecule has 206 valence electrons. The molecule has 0 radical (unpaired) electrons. The Morgan fingerprint density at radius 3 is 2.82 bits per heavy atom. The van der Waals surface area contributed by atoms with Crippen molar-refractivity contribution >= 4 is 28.3 Å². The summed E-state index contributed by atoms with van der Waals surface area (Å²) in [5.41, 5.74) is 4.78. The quantitative estimate of drug-likeness (QED) is 0.473. The molecule has 1 saturated heterocycles. The molecule has 1 atom stereocenters. The fraction of sp³-hybridized carbons (Fsp3) is 0.500. The topological polar surface area (TPSA) is 78.4 Å². The molecule has 4 heterocycles. The van der Waals surface area contributed by atoms with E-state index in [2.05, 4.69) is 70.5 Å². The van der Waals surface area contributed by atoms with Crippen molar-refractivity contribution in [3.05, 3.63) is 53.2 Å². The standard InChI is InChI=1S/C30H39N7O2/c1-21-7-4-8-22-9-5-11-26(27(21)22)37-16-12-24-25(19-37)33-29(39-20-23-10-6-15-35(23)2)34-28(24)31-13-17-36(3)30-32-14-18-38-30/h4-5,7-9,11,23H,6,10,12-20H2,1-3H3,(H,31,33,34). The number of likely N-dealkylation sites (N-methyl/N-ethyl adjacent to an activating group) is 2. The molecule has 3 aliphatic rings. The van der Waals surface area contributed by atoms with Crippen molar-refractivity contribution in [3.63, 3.8) is 0 Å². The average Bonchev–Trinajstić information content (AvgIpc) is 3.63. The van der Waals surface area contributed by atoms with E-state index in [-0.39, 0.29) is 0 Å². The molecule has 9 nitrogen and oxygen atoms in total. The van der Waals surface area contributed by atoms with Gasteiger partial charge in [0.1, 0.15) is 19.0 Å². The Bertz CT molecular complexity index is 1360. The van der Waals surface area contributed by atoms with Crippen LogP contribution in [0, 0.1) is 6.92 Å². The molecular formula is C30H39N7O2. The molecule has 1 unspecified atom stereocenters. The Balaban J connectivity index is 1.25. The van der Waals surface area contributed by atoms with Crippen molar-refractivity contribution in [2.75, 3.05) is 70.2 Å². The zero-order valence-corrected chi connectivity index (χ0v) is 23.3. The zero-order chi connectivity index (χ0) is 26.8. The largest absolute Gasteiger partial charge is 0.463 e. The maximum atomic E-state index is 6.23. The summed E-state index contributed by atoms with van der Waals surface area (Å²) in [6.07, 6.45) is 3.24. The lowest BCUT2D eigenvalue weighted by Gasteiger charge is -2.32. The molecule has 0 spiro atoms. The van der Waals surface area contributed by atoms with Gasteiger partial charge in [0.25, 0.3) is 6.02 Å². The number of aryl methyl sites for hydroxylation is 1. The van der Waals surface area contributed by atoms with Crippen molar-refractivity contribution in [3.8, 4) is 6.01 Å². The summed E-state index contributed by atoms with van der Waals surface area (Å²) in [7, 11) is 4.18. The van der Waals surface area contributed by atoms with Crippen molar-refractivity contribution in [2.45, 2.75) is 38.8 Å². The summed E-state index contributed by atoms with van der Waals surface area (Å²) < 4.78 is 11.8. The summed E-state index contributed by atoms with van der Waals surface area (Å²) in [6.45, 7) is 8.45. The lowest BCUT2D eigenvalue weighted by atomic mass is 10.00. The van der Waals surface area contributed by atoms with E-state index in [9.17, 15) is 0 Å². The van der Waals surface area contributed by atoms with Gasteiger partial charge in [0.15, 0.2) is 0 Å². The maximum absolute atomic E-state index is 6.23. The minimum absolute atomic E-state index is 0.414. The number of benzene rings is 2. The van der Waals surface area contributed by atoms with Crippen LogP contribution < -0.4 is 15.0 Å². The molecule has 9 heteroatoms. The second-order valence-corrected chi connectivity index (χ2v) is 10.9. The number of nitrogens with one attached hydrogen (secondary N) is 1. The number of hydrogen-bond donors (Lipinski definition) is 1. The number of ether oxygens (including phenoxy) is 2. The molecule has 0 amide bonds. The number of likely N-dealkylation sites (tertiary alicyclic amines) is 1. The SMILES string of the molecule is Cc1cccc2cccc(N3CCc4c(nc(OCC5CCCN5C)nc4NCCN(C)C4=NCCO4)C3)c12. The molecular weight excluding hydrogens is 490 g/mol. The van der Waals surface area contributed by atoms with Crippen LogP contribution in [-0.2, 0) is 17.7 Å². The van der Waals surface area contributed by atoms with E-state index in [1.54, 1.807) is 0 Å². The Hall–Kier alpha value is -3.59. The third-order valence-electron chi connectivity index (χ3n) is 8.19. The minimum Gasteiger partial charge on any atom is -0.463 e. The smallest absolute Gasteiger partial charge is 0.318 e. The van der Waals surface area contributed by atoms with Crippen molar-refractivity contribution in [1.82, 2.24) is 19.8 Å². The first-order valence-corrected chi connectivity index (χ1v) is 14.1. The molecule has 39 heavy (non-hydrogen) atoms. The Morgan fingerprint density at radius 2 is 2.03 bits per heavy atom. The fourth-order valence-electron chi connectivity index (χ4n) is 5.95. The highest BCUT2D eigenvalue weighted by Gasteiger charge is 2.26. The molecule has 1 fully saturated rings. The molecule has 6 rings (SSSR count). The van der Waals surface area contributed by atoms with Gasteiger partial charge in [0, 0.05) is 49.4 Å². The second-order valence-electron chi connectivity index (χ2n) is 10.9. The van der Waals surface area contributed by atoms with E-state index < -0.39 is 0 Å². The monoisotopic (exact) mass is 529 g/mol. The van der Waals surface area contributed by atoms with E-state index in [0.29, 0.717) is 31.3 Å². The van der Waals surface area contributed by atoms with Gasteiger partial charge in [-0.15, -0.1) is 0 Å². The van der Waals surface area contributed by atoms with Gasteiger partial charge >= 0.3 is 6.01 Å². The maximum Gasteiger partial charge on any atom is 0.318 e. The van der Waals surface area contributed by atoms with E-state index in [1.165, 1.54) is 34.0 Å². The fourth-order valence-corrected chi connectivity index (χ4v) is 5.95. The highest BCUT2D eigenvalue weighted by atomic mass is 16.5. The van der Waals surface area contributed by atoms with Crippen LogP contribution >= 0.6 is 0 Å². The first-order chi connectivity index (χ1) is 19.1. The number of nitrogens with zero attached hydrogens (tertiary/aromatic N) is 6.